The number of likely N-dealkylation sites (tertiary alicyclic amines) is 2. The highest BCUT2D eigenvalue weighted by molar-refractivity contribution is 6.60. The van der Waals surface area contributed by atoms with Crippen molar-refractivity contribution < 1.29 is 24.4 Å². The maximum atomic E-state index is 12.5. The summed E-state index contributed by atoms with van der Waals surface area (Å²) < 4.78 is 0. The molecule has 1 aromatic carbocycles. The molecule has 0 atom stereocenters. The van der Waals surface area contributed by atoms with E-state index in [1.807, 2.05) is 4.90 Å². The highest BCUT2D eigenvalue weighted by atomic mass is 16.4. The van der Waals surface area contributed by atoms with Crippen LogP contribution in [-0.2, 0) is 4.79 Å². The number of hydrogen-bond donors (Lipinski definition) is 3. The quantitative estimate of drug-likeness (QED) is 0.427. The van der Waals surface area contributed by atoms with E-state index in [2.05, 4.69) is 10.2 Å². The van der Waals surface area contributed by atoms with Crippen LogP contribution in [0.25, 0.3) is 0 Å². The van der Waals surface area contributed by atoms with Crippen LogP contribution in [-0.4, -0.2) is 83.8 Å². The minimum atomic E-state index is -1.76. The van der Waals surface area contributed by atoms with Gasteiger partial charge in [-0.25, -0.2) is 0 Å². The summed E-state index contributed by atoms with van der Waals surface area (Å²) in [7, 11) is -1.76. The lowest BCUT2D eigenvalue weighted by Gasteiger charge is -2.32. The van der Waals surface area contributed by atoms with Gasteiger partial charge in [0, 0.05) is 43.3 Å². The van der Waals surface area contributed by atoms with Crippen LogP contribution in [0.3, 0.4) is 0 Å². The van der Waals surface area contributed by atoms with E-state index in [0.717, 1.165) is 51.9 Å². The highest BCUT2D eigenvalue weighted by Crippen LogP contribution is 2.14. The Balaban J connectivity index is 1.49. The summed E-state index contributed by atoms with van der Waals surface area (Å²) in [4.78, 5) is 39.9. The molecule has 0 saturated carbocycles. The summed E-state index contributed by atoms with van der Waals surface area (Å²) in [5.74, 6) is -0.110. The van der Waals surface area contributed by atoms with E-state index < -0.39 is 7.12 Å². The van der Waals surface area contributed by atoms with Crippen molar-refractivity contribution >= 4 is 30.7 Å². The van der Waals surface area contributed by atoms with Gasteiger partial charge in [-0.3, -0.25) is 19.3 Å². The van der Waals surface area contributed by atoms with Crippen LogP contribution in [0.4, 0.5) is 0 Å². The van der Waals surface area contributed by atoms with Crippen molar-refractivity contribution in [3.63, 3.8) is 0 Å². The fourth-order valence-electron chi connectivity index (χ4n) is 3.82. The van der Waals surface area contributed by atoms with Crippen LogP contribution < -0.4 is 10.8 Å². The average Bonchev–Trinajstić information content (AvgIpc) is 3.23. The van der Waals surface area contributed by atoms with E-state index in [1.165, 1.54) is 18.2 Å². The number of nitrogens with zero attached hydrogens (tertiary/aromatic N) is 2. The van der Waals surface area contributed by atoms with Crippen LogP contribution >= 0.6 is 0 Å². The van der Waals surface area contributed by atoms with Gasteiger partial charge in [0.2, 0.25) is 5.91 Å². The molecule has 1 aromatic rings. The molecule has 0 aromatic heterocycles. The third kappa shape index (κ3) is 4.98. The van der Waals surface area contributed by atoms with E-state index in [9.17, 15) is 24.4 Å². The first-order valence-corrected chi connectivity index (χ1v) is 9.74. The second kappa shape index (κ2) is 9.31. The van der Waals surface area contributed by atoms with Gasteiger partial charge in [-0.15, -0.1) is 0 Å². The topological polar surface area (TPSA) is 110 Å². The Hall–Kier alpha value is -2.23. The van der Waals surface area contributed by atoms with E-state index in [1.54, 1.807) is 0 Å². The zero-order chi connectivity index (χ0) is 20.1. The fourth-order valence-corrected chi connectivity index (χ4v) is 3.82. The van der Waals surface area contributed by atoms with Crippen molar-refractivity contribution in [3.8, 4) is 0 Å². The van der Waals surface area contributed by atoms with Crippen LogP contribution in [0.1, 0.15) is 46.4 Å². The maximum Gasteiger partial charge on any atom is 0.489 e. The van der Waals surface area contributed by atoms with Gasteiger partial charge in [-0.05, 0) is 43.3 Å². The molecular formula is C19H26BN3O5. The van der Waals surface area contributed by atoms with E-state index in [0.29, 0.717) is 18.4 Å². The molecule has 9 heteroatoms. The Bertz CT molecular complexity index is 728. The molecule has 2 aliphatic heterocycles. The molecule has 2 aliphatic rings. The summed E-state index contributed by atoms with van der Waals surface area (Å²) in [5.41, 5.74) is 0.457. The molecule has 28 heavy (non-hydrogen) atoms. The van der Waals surface area contributed by atoms with E-state index in [-0.39, 0.29) is 28.9 Å². The molecule has 150 valence electrons. The van der Waals surface area contributed by atoms with Gasteiger partial charge < -0.3 is 20.3 Å². The van der Waals surface area contributed by atoms with Gasteiger partial charge in [0.15, 0.2) is 0 Å². The van der Waals surface area contributed by atoms with Gasteiger partial charge in [0.25, 0.3) is 5.91 Å². The number of carbonyl (C=O) groups excluding carboxylic acids is 3. The van der Waals surface area contributed by atoms with E-state index >= 15 is 0 Å². The van der Waals surface area contributed by atoms with Crippen molar-refractivity contribution in [2.45, 2.75) is 31.7 Å². The predicted octanol–water partition coefficient (Wildman–Crippen LogP) is -1.00. The minimum Gasteiger partial charge on any atom is -0.423 e. The van der Waals surface area contributed by atoms with Crippen LogP contribution in [0.15, 0.2) is 18.2 Å². The second-order valence-corrected chi connectivity index (χ2v) is 7.45. The molecule has 2 saturated heterocycles. The first-order valence-electron chi connectivity index (χ1n) is 9.74. The first-order chi connectivity index (χ1) is 13.5. The molecule has 0 spiro atoms. The number of amides is 2. The largest absolute Gasteiger partial charge is 0.489 e. The van der Waals surface area contributed by atoms with Crippen molar-refractivity contribution in [3.05, 3.63) is 29.3 Å². The number of rotatable bonds is 6. The van der Waals surface area contributed by atoms with E-state index in [4.69, 9.17) is 0 Å². The Morgan fingerprint density at radius 2 is 1.82 bits per heavy atom. The second-order valence-electron chi connectivity index (χ2n) is 7.45. The molecule has 0 radical (unpaired) electrons. The third-order valence-electron chi connectivity index (χ3n) is 5.49. The van der Waals surface area contributed by atoms with Crippen LogP contribution in [0, 0.1) is 0 Å². The minimum absolute atomic E-state index is 0.00780. The number of benzene rings is 1. The molecule has 8 nitrogen and oxygen atoms in total. The van der Waals surface area contributed by atoms with Gasteiger partial charge in [0.05, 0.1) is 6.54 Å². The molecule has 0 unspecified atom stereocenters. The smallest absolute Gasteiger partial charge is 0.423 e. The molecule has 0 aliphatic carbocycles. The molecule has 3 N–H and O–H groups in total. The van der Waals surface area contributed by atoms with Crippen LogP contribution in [0.2, 0.25) is 0 Å². The SMILES string of the molecule is O=Cc1cc(C(=O)NC2CCN(CC(=O)N3CCCC3)CC2)ccc1B(O)O. The number of aldehydes is 1. The van der Waals surface area contributed by atoms with Crippen molar-refractivity contribution in [1.82, 2.24) is 15.1 Å². The maximum absolute atomic E-state index is 12.5. The lowest BCUT2D eigenvalue weighted by atomic mass is 9.77. The third-order valence-corrected chi connectivity index (χ3v) is 5.49. The summed E-state index contributed by atoms with van der Waals surface area (Å²) in [6.07, 6.45) is 4.19. The molecule has 3 rings (SSSR count). The van der Waals surface area contributed by atoms with Crippen LogP contribution in [0.5, 0.6) is 0 Å². The Morgan fingerprint density at radius 1 is 1.14 bits per heavy atom. The van der Waals surface area contributed by atoms with Crippen molar-refractivity contribution in [2.24, 2.45) is 0 Å². The lowest BCUT2D eigenvalue weighted by molar-refractivity contribution is -0.131. The number of nitrogens with one attached hydrogen (secondary N) is 1. The first kappa shape index (κ1) is 20.5. The lowest BCUT2D eigenvalue weighted by Crippen LogP contribution is -2.47. The van der Waals surface area contributed by atoms with Crippen molar-refractivity contribution in [1.29, 1.82) is 0 Å². The molecule has 2 fully saturated rings. The highest BCUT2D eigenvalue weighted by Gasteiger charge is 2.25. The van der Waals surface area contributed by atoms with Gasteiger partial charge >= 0.3 is 7.12 Å². The summed E-state index contributed by atoms with van der Waals surface area (Å²) >= 11 is 0. The summed E-state index contributed by atoms with van der Waals surface area (Å²) in [5, 5.41) is 21.5. The number of piperidine rings is 1. The Morgan fingerprint density at radius 3 is 2.43 bits per heavy atom. The van der Waals surface area contributed by atoms with Gasteiger partial charge in [-0.2, -0.15) is 0 Å². The fraction of sp³-hybridized carbons (Fsp3) is 0.526. The van der Waals surface area contributed by atoms with Crippen molar-refractivity contribution in [2.75, 3.05) is 32.7 Å². The number of carbonyl (C=O) groups is 3. The normalized spacial score (nSPS) is 18.1. The molecule has 2 amide bonds. The predicted molar refractivity (Wildman–Crippen MR) is 104 cm³/mol. The zero-order valence-corrected chi connectivity index (χ0v) is 15.8. The van der Waals surface area contributed by atoms with Gasteiger partial charge in [0.1, 0.15) is 6.29 Å². The molecule has 0 bridgehead atoms. The monoisotopic (exact) mass is 387 g/mol. The average molecular weight is 387 g/mol. The summed E-state index contributed by atoms with van der Waals surface area (Å²) in [6, 6.07) is 4.21. The summed E-state index contributed by atoms with van der Waals surface area (Å²) in [6.45, 7) is 3.66. The standard InChI is InChI=1S/C19H26BN3O5/c24-13-15-11-14(3-4-17(15)20(27)28)19(26)21-16-5-9-22(10-6-16)12-18(25)23-7-1-2-8-23/h3-4,11,13,16,27-28H,1-2,5-10,12H2,(H,21,26). The Kier molecular flexibility index (Phi) is 6.82. The zero-order valence-electron chi connectivity index (χ0n) is 15.8. The number of hydrogen-bond acceptors (Lipinski definition) is 6. The van der Waals surface area contributed by atoms with Gasteiger partial charge in [-0.1, -0.05) is 6.07 Å². The Labute approximate surface area is 164 Å². The molecule has 2 heterocycles. The molecular weight excluding hydrogens is 361 g/mol.